The number of carbonyl (C=O) groups is 3. The van der Waals surface area contributed by atoms with Crippen LogP contribution in [-0.2, 0) is 16.1 Å². The van der Waals surface area contributed by atoms with Crippen LogP contribution in [0, 0.1) is 0 Å². The molecule has 31 heavy (non-hydrogen) atoms. The number of benzene rings is 2. The minimum absolute atomic E-state index is 0.110. The van der Waals surface area contributed by atoms with E-state index in [9.17, 15) is 14.4 Å². The highest BCUT2D eigenvalue weighted by molar-refractivity contribution is 6.30. The number of esters is 1. The van der Waals surface area contributed by atoms with Gasteiger partial charge in [0.15, 0.2) is 17.6 Å². The number of hydrogen-bond donors (Lipinski definition) is 2. The maximum absolute atomic E-state index is 12.4. The van der Waals surface area contributed by atoms with Crippen molar-refractivity contribution in [3.05, 3.63) is 58.6 Å². The third kappa shape index (κ3) is 6.62. The molecule has 0 bridgehead atoms. The largest absolute Gasteiger partial charge is 0.493 e. The Bertz CT molecular complexity index is 959. The Hall–Kier alpha value is -3.26. The van der Waals surface area contributed by atoms with E-state index in [-0.39, 0.29) is 18.2 Å². The van der Waals surface area contributed by atoms with Crippen LogP contribution in [0.5, 0.6) is 11.5 Å². The maximum Gasteiger partial charge on any atom is 0.339 e. The number of imide groups is 1. The summed E-state index contributed by atoms with van der Waals surface area (Å²) < 4.78 is 16.2. The molecule has 0 heterocycles. The Kier molecular flexibility index (Phi) is 7.36. The quantitative estimate of drug-likeness (QED) is 0.602. The molecule has 1 aliphatic carbocycles. The van der Waals surface area contributed by atoms with E-state index < -0.39 is 24.0 Å². The molecule has 0 aliphatic heterocycles. The van der Waals surface area contributed by atoms with Gasteiger partial charge >= 0.3 is 12.0 Å². The molecule has 1 aliphatic rings. The van der Waals surface area contributed by atoms with Crippen molar-refractivity contribution in [2.24, 2.45) is 0 Å². The summed E-state index contributed by atoms with van der Waals surface area (Å²) in [5.74, 6) is -0.657. The van der Waals surface area contributed by atoms with Crippen molar-refractivity contribution in [3.8, 4) is 11.5 Å². The minimum Gasteiger partial charge on any atom is -0.493 e. The van der Waals surface area contributed by atoms with Crippen molar-refractivity contribution in [2.45, 2.75) is 38.5 Å². The minimum atomic E-state index is -1.15. The van der Waals surface area contributed by atoms with Gasteiger partial charge in [-0.15, -0.1) is 0 Å². The molecule has 0 spiro atoms. The predicted molar refractivity (Wildman–Crippen MR) is 113 cm³/mol. The fraction of sp³-hybridized carbons (Fsp3) is 0.318. The first-order valence-corrected chi connectivity index (χ1v) is 10.1. The summed E-state index contributed by atoms with van der Waals surface area (Å²) in [4.78, 5) is 36.1. The molecule has 0 radical (unpaired) electrons. The average Bonchev–Trinajstić information content (AvgIpc) is 3.56. The van der Waals surface area contributed by atoms with E-state index in [1.807, 2.05) is 12.1 Å². The highest BCUT2D eigenvalue weighted by atomic mass is 35.5. The van der Waals surface area contributed by atoms with Crippen molar-refractivity contribution in [2.75, 3.05) is 7.11 Å². The van der Waals surface area contributed by atoms with E-state index in [1.165, 1.54) is 26.2 Å². The molecule has 2 aromatic carbocycles. The molecule has 2 aromatic rings. The normalized spacial score (nSPS) is 13.6. The lowest BCUT2D eigenvalue weighted by atomic mass is 10.2. The molecular formula is C22H23ClN2O6. The van der Waals surface area contributed by atoms with Crippen molar-refractivity contribution >= 4 is 29.5 Å². The summed E-state index contributed by atoms with van der Waals surface area (Å²) in [6, 6.07) is 11.3. The number of halogens is 1. The van der Waals surface area contributed by atoms with Crippen LogP contribution >= 0.6 is 11.6 Å². The van der Waals surface area contributed by atoms with Gasteiger partial charge in [0.2, 0.25) is 0 Å². The highest BCUT2D eigenvalue weighted by Gasteiger charge is 2.26. The second kappa shape index (κ2) is 10.2. The molecule has 0 aromatic heterocycles. The predicted octanol–water partition coefficient (Wildman–Crippen LogP) is 3.46. The van der Waals surface area contributed by atoms with Crippen molar-refractivity contribution in [3.63, 3.8) is 0 Å². The summed E-state index contributed by atoms with van der Waals surface area (Å²) in [5, 5.41) is 5.42. The molecule has 1 fully saturated rings. The van der Waals surface area contributed by atoms with E-state index in [0.717, 1.165) is 18.4 Å². The number of urea groups is 1. The van der Waals surface area contributed by atoms with Gasteiger partial charge in [-0.05, 0) is 55.7 Å². The zero-order valence-electron chi connectivity index (χ0n) is 17.1. The molecule has 1 unspecified atom stereocenters. The molecule has 3 rings (SSSR count). The van der Waals surface area contributed by atoms with Gasteiger partial charge in [0.05, 0.1) is 12.7 Å². The topological polar surface area (TPSA) is 103 Å². The van der Waals surface area contributed by atoms with E-state index >= 15 is 0 Å². The molecule has 0 saturated heterocycles. The van der Waals surface area contributed by atoms with Crippen LogP contribution in [0.4, 0.5) is 4.79 Å². The lowest BCUT2D eigenvalue weighted by Gasteiger charge is -2.15. The van der Waals surface area contributed by atoms with Crippen molar-refractivity contribution < 1.29 is 28.6 Å². The molecule has 1 saturated carbocycles. The monoisotopic (exact) mass is 446 g/mol. The smallest absolute Gasteiger partial charge is 0.339 e. The zero-order valence-corrected chi connectivity index (χ0v) is 17.9. The fourth-order valence-corrected chi connectivity index (χ4v) is 2.73. The van der Waals surface area contributed by atoms with Gasteiger partial charge in [-0.3, -0.25) is 10.1 Å². The summed E-state index contributed by atoms with van der Waals surface area (Å²) in [5.41, 5.74) is 1.10. The van der Waals surface area contributed by atoms with Gasteiger partial charge in [0.1, 0.15) is 6.61 Å². The van der Waals surface area contributed by atoms with Gasteiger partial charge in [0.25, 0.3) is 5.91 Å². The van der Waals surface area contributed by atoms with Crippen molar-refractivity contribution in [1.29, 1.82) is 0 Å². The van der Waals surface area contributed by atoms with Crippen LogP contribution in [0.15, 0.2) is 42.5 Å². The first-order valence-electron chi connectivity index (χ1n) is 9.73. The third-order valence-corrected chi connectivity index (χ3v) is 4.76. The summed E-state index contributed by atoms with van der Waals surface area (Å²) in [7, 11) is 1.45. The number of ether oxygens (including phenoxy) is 3. The Labute approximate surface area is 184 Å². The second-order valence-electron chi connectivity index (χ2n) is 7.07. The molecule has 8 nitrogen and oxygen atoms in total. The second-order valence-corrected chi connectivity index (χ2v) is 7.50. The van der Waals surface area contributed by atoms with Crippen LogP contribution in [0.1, 0.15) is 35.7 Å². The molecule has 2 N–H and O–H groups in total. The third-order valence-electron chi connectivity index (χ3n) is 4.51. The lowest BCUT2D eigenvalue weighted by molar-refractivity contribution is -0.127. The molecule has 1 atom stereocenters. The average molecular weight is 447 g/mol. The summed E-state index contributed by atoms with van der Waals surface area (Å²) in [6.07, 6.45) is 0.644. The lowest BCUT2D eigenvalue weighted by Crippen LogP contribution is -2.45. The Balaban J connectivity index is 1.56. The van der Waals surface area contributed by atoms with Crippen LogP contribution < -0.4 is 20.1 Å². The van der Waals surface area contributed by atoms with Crippen LogP contribution in [0.2, 0.25) is 5.02 Å². The first-order chi connectivity index (χ1) is 14.9. The van der Waals surface area contributed by atoms with Crippen LogP contribution in [0.25, 0.3) is 0 Å². The molecular weight excluding hydrogens is 424 g/mol. The molecule has 3 amide bonds. The molecule has 164 valence electrons. The Morgan fingerprint density at radius 1 is 1.10 bits per heavy atom. The number of nitrogens with one attached hydrogen (secondary N) is 2. The van der Waals surface area contributed by atoms with E-state index in [1.54, 1.807) is 18.2 Å². The zero-order chi connectivity index (χ0) is 22.4. The maximum atomic E-state index is 12.4. The van der Waals surface area contributed by atoms with Crippen LogP contribution in [0.3, 0.4) is 0 Å². The SMILES string of the molecule is COc1cc(C(=O)OC(C)C(=O)NC(=O)NC2CC2)ccc1OCc1ccc(Cl)cc1. The number of hydrogen-bond acceptors (Lipinski definition) is 6. The summed E-state index contributed by atoms with van der Waals surface area (Å²) >= 11 is 5.88. The van der Waals surface area contributed by atoms with E-state index in [2.05, 4.69) is 10.6 Å². The molecule has 9 heteroatoms. The Morgan fingerprint density at radius 2 is 1.81 bits per heavy atom. The van der Waals surface area contributed by atoms with Gasteiger partial charge in [-0.25, -0.2) is 9.59 Å². The fourth-order valence-electron chi connectivity index (χ4n) is 2.60. The highest BCUT2D eigenvalue weighted by Crippen LogP contribution is 2.29. The standard InChI is InChI=1S/C22H23ClN2O6/c1-13(20(26)25-22(28)24-17-8-9-17)31-21(27)15-5-10-18(19(11-15)29-2)30-12-14-3-6-16(23)7-4-14/h3-7,10-11,13,17H,8-9,12H2,1-2H3,(H2,24,25,26,28). The number of amides is 3. The number of carbonyl (C=O) groups excluding carboxylic acids is 3. The summed E-state index contributed by atoms with van der Waals surface area (Å²) in [6.45, 7) is 1.68. The van der Waals surface area contributed by atoms with Gasteiger partial charge in [-0.1, -0.05) is 23.7 Å². The van der Waals surface area contributed by atoms with Gasteiger partial charge < -0.3 is 19.5 Å². The van der Waals surface area contributed by atoms with Gasteiger partial charge in [0, 0.05) is 11.1 Å². The first kappa shape index (κ1) is 22.4. The van der Waals surface area contributed by atoms with Crippen LogP contribution in [-0.4, -0.2) is 37.2 Å². The van der Waals surface area contributed by atoms with Crippen molar-refractivity contribution in [1.82, 2.24) is 10.6 Å². The number of rotatable bonds is 8. The number of methoxy groups -OCH3 is 1. The van der Waals surface area contributed by atoms with Gasteiger partial charge in [-0.2, -0.15) is 0 Å². The van der Waals surface area contributed by atoms with E-state index in [4.69, 9.17) is 25.8 Å². The Morgan fingerprint density at radius 3 is 2.45 bits per heavy atom. The van der Waals surface area contributed by atoms with E-state index in [0.29, 0.717) is 16.5 Å².